The molecule has 0 heterocycles. The van der Waals surface area contributed by atoms with Crippen molar-refractivity contribution in [2.75, 3.05) is 13.2 Å². The van der Waals surface area contributed by atoms with Gasteiger partial charge in [-0.25, -0.2) is 0 Å². The van der Waals surface area contributed by atoms with E-state index in [1.807, 2.05) is 12.1 Å². The maximum absolute atomic E-state index is 6.58. The molecular weight excluding hydrogens is 681 g/mol. The zero-order valence-corrected chi connectivity index (χ0v) is 33.9. The summed E-state index contributed by atoms with van der Waals surface area (Å²) in [5.41, 5.74) is 9.10. The third kappa shape index (κ3) is 15.4. The van der Waals surface area contributed by atoms with Crippen molar-refractivity contribution in [2.24, 2.45) is 0 Å². The van der Waals surface area contributed by atoms with Gasteiger partial charge in [-0.3, -0.25) is 0 Å². The van der Waals surface area contributed by atoms with E-state index < -0.39 is 0 Å². The fraction of sp³-hybridized carbons (Fsp3) is 0.296. The Morgan fingerprint density at radius 2 is 0.607 bits per heavy atom. The summed E-state index contributed by atoms with van der Waals surface area (Å²) in [5, 5.41) is 0. The summed E-state index contributed by atoms with van der Waals surface area (Å²) in [7, 11) is 0. The van der Waals surface area contributed by atoms with Crippen LogP contribution >= 0.6 is 0 Å². The highest BCUT2D eigenvalue weighted by molar-refractivity contribution is 5.80. The van der Waals surface area contributed by atoms with E-state index in [0.717, 1.165) is 46.6 Å². The van der Waals surface area contributed by atoms with Gasteiger partial charge < -0.3 is 9.47 Å². The normalized spacial score (nSPS) is 11.8. The highest BCUT2D eigenvalue weighted by Crippen LogP contribution is 2.33. The van der Waals surface area contributed by atoms with Gasteiger partial charge in [-0.2, -0.15) is 0 Å². The average Bonchev–Trinajstić information content (AvgIpc) is 3.25. The first-order chi connectivity index (χ1) is 27.7. The van der Waals surface area contributed by atoms with Crippen molar-refractivity contribution in [2.45, 2.75) is 90.9 Å². The average molecular weight is 743 g/mol. The van der Waals surface area contributed by atoms with E-state index in [0.29, 0.717) is 13.2 Å². The Morgan fingerprint density at radius 3 is 0.946 bits per heavy atom. The van der Waals surface area contributed by atoms with Crippen LogP contribution in [-0.2, 0) is 0 Å². The third-order valence-electron chi connectivity index (χ3n) is 9.97. The van der Waals surface area contributed by atoms with Crippen molar-refractivity contribution in [1.29, 1.82) is 0 Å². The smallest absolute Gasteiger partial charge is 0.127 e. The van der Waals surface area contributed by atoms with E-state index in [4.69, 9.17) is 9.47 Å². The number of rotatable bonds is 24. The SMILES string of the molecule is CCCCCCCCOc1cc(/C=C/c2ccc(/C=C/c3ccccc3)cc2)c(OCCCCCCCC)cc1/C=C/c1ccc(/C=C/c2ccccc2)cc1. The Labute approximate surface area is 338 Å². The second-order valence-electron chi connectivity index (χ2n) is 14.6. The monoisotopic (exact) mass is 742 g/mol. The largest absolute Gasteiger partial charge is 0.493 e. The molecule has 0 bridgehead atoms. The first-order valence-corrected chi connectivity index (χ1v) is 21.2. The lowest BCUT2D eigenvalue weighted by Crippen LogP contribution is -2.03. The van der Waals surface area contributed by atoms with E-state index in [1.54, 1.807) is 0 Å². The van der Waals surface area contributed by atoms with Crippen LogP contribution in [0.15, 0.2) is 121 Å². The number of ether oxygens (including phenoxy) is 2. The van der Waals surface area contributed by atoms with Gasteiger partial charge in [0.2, 0.25) is 0 Å². The van der Waals surface area contributed by atoms with Crippen molar-refractivity contribution in [1.82, 2.24) is 0 Å². The fourth-order valence-corrected chi connectivity index (χ4v) is 6.55. The van der Waals surface area contributed by atoms with Crippen LogP contribution in [0.2, 0.25) is 0 Å². The van der Waals surface area contributed by atoms with Crippen LogP contribution < -0.4 is 9.47 Å². The first-order valence-electron chi connectivity index (χ1n) is 21.2. The Bertz CT molecular complexity index is 1790. The van der Waals surface area contributed by atoms with Gasteiger partial charge in [-0.15, -0.1) is 0 Å². The highest BCUT2D eigenvalue weighted by Gasteiger charge is 2.11. The Hall–Kier alpha value is -5.34. The molecule has 5 aromatic rings. The quantitative estimate of drug-likeness (QED) is 0.0463. The van der Waals surface area contributed by atoms with Crippen molar-refractivity contribution in [3.63, 3.8) is 0 Å². The van der Waals surface area contributed by atoms with Crippen LogP contribution in [0.5, 0.6) is 11.5 Å². The second kappa shape index (κ2) is 24.9. The van der Waals surface area contributed by atoms with Gasteiger partial charge in [0, 0.05) is 11.1 Å². The summed E-state index contributed by atoms with van der Waals surface area (Å²) < 4.78 is 13.2. The molecule has 5 aromatic carbocycles. The van der Waals surface area contributed by atoms with Crippen molar-refractivity contribution < 1.29 is 9.47 Å². The fourth-order valence-electron chi connectivity index (χ4n) is 6.55. The van der Waals surface area contributed by atoms with E-state index >= 15 is 0 Å². The molecule has 0 fully saturated rings. The van der Waals surface area contributed by atoms with E-state index in [-0.39, 0.29) is 0 Å². The Kier molecular flexibility index (Phi) is 18.6. The zero-order valence-electron chi connectivity index (χ0n) is 33.9. The van der Waals surface area contributed by atoms with Crippen LogP contribution in [0.1, 0.15) is 135 Å². The molecule has 0 aromatic heterocycles. The summed E-state index contributed by atoms with van der Waals surface area (Å²) in [5.74, 6) is 1.79. The number of hydrogen-bond acceptors (Lipinski definition) is 2. The molecule has 0 N–H and O–H groups in total. The summed E-state index contributed by atoms with van der Waals surface area (Å²) in [4.78, 5) is 0. The molecule has 0 saturated heterocycles. The molecule has 2 heteroatoms. The maximum atomic E-state index is 6.58. The molecule has 0 saturated carbocycles. The molecule has 0 spiro atoms. The molecule has 56 heavy (non-hydrogen) atoms. The Balaban J connectivity index is 1.36. The third-order valence-corrected chi connectivity index (χ3v) is 9.97. The molecule has 0 aliphatic rings. The second-order valence-corrected chi connectivity index (χ2v) is 14.6. The lowest BCUT2D eigenvalue weighted by Gasteiger charge is -2.15. The van der Waals surface area contributed by atoms with E-state index in [2.05, 4.69) is 172 Å². The molecule has 5 rings (SSSR count). The minimum atomic E-state index is 0.703. The molecule has 0 aliphatic carbocycles. The Morgan fingerprint density at radius 1 is 0.321 bits per heavy atom. The number of hydrogen-bond donors (Lipinski definition) is 0. The van der Waals surface area contributed by atoms with E-state index in [1.165, 1.54) is 86.5 Å². The standard InChI is InChI=1S/C54H62O2/c1-3-5-7-9-11-19-41-55-53-43-52(40-38-50-35-31-48(32-36-50)28-26-46-23-17-14-18-24-46)54(56-42-20-12-10-8-6-4-2)44-51(53)39-37-49-33-29-47(30-34-49)27-25-45-21-15-13-16-22-45/h13-18,21-40,43-44H,3-12,19-20,41-42H2,1-2H3/b27-25+,28-26+,39-37+,40-38+. The minimum absolute atomic E-state index is 0.703. The van der Waals surface area contributed by atoms with Crippen LogP contribution in [0.4, 0.5) is 0 Å². The lowest BCUT2D eigenvalue weighted by atomic mass is 10.0. The molecule has 0 amide bonds. The van der Waals surface area contributed by atoms with Gasteiger partial charge in [0.05, 0.1) is 13.2 Å². The molecule has 0 unspecified atom stereocenters. The molecule has 0 aliphatic heterocycles. The number of unbranched alkanes of at least 4 members (excludes halogenated alkanes) is 10. The predicted molar refractivity (Wildman–Crippen MR) is 246 cm³/mol. The summed E-state index contributed by atoms with van der Waals surface area (Å²) in [6, 6.07) is 42.6. The molecule has 0 radical (unpaired) electrons. The molecule has 290 valence electrons. The zero-order chi connectivity index (χ0) is 38.9. The van der Waals surface area contributed by atoms with Gasteiger partial charge in [0.15, 0.2) is 0 Å². The lowest BCUT2D eigenvalue weighted by molar-refractivity contribution is 0.295. The molecular formula is C54H62O2. The van der Waals surface area contributed by atoms with Crippen molar-refractivity contribution >= 4 is 48.6 Å². The van der Waals surface area contributed by atoms with Crippen molar-refractivity contribution in [3.8, 4) is 11.5 Å². The summed E-state index contributed by atoms with van der Waals surface area (Å²) in [6.45, 7) is 5.94. The summed E-state index contributed by atoms with van der Waals surface area (Å²) in [6.07, 6.45) is 32.1. The molecule has 2 nitrogen and oxygen atoms in total. The highest BCUT2D eigenvalue weighted by atomic mass is 16.5. The minimum Gasteiger partial charge on any atom is -0.493 e. The van der Waals surface area contributed by atoms with Crippen LogP contribution in [0.25, 0.3) is 48.6 Å². The van der Waals surface area contributed by atoms with Gasteiger partial charge in [-0.1, -0.05) is 236 Å². The molecule has 0 atom stereocenters. The van der Waals surface area contributed by atoms with Gasteiger partial charge in [0.1, 0.15) is 11.5 Å². The topological polar surface area (TPSA) is 18.5 Å². The van der Waals surface area contributed by atoms with Gasteiger partial charge in [0.25, 0.3) is 0 Å². The summed E-state index contributed by atoms with van der Waals surface area (Å²) >= 11 is 0. The van der Waals surface area contributed by atoms with Crippen molar-refractivity contribution in [3.05, 3.63) is 166 Å². The van der Waals surface area contributed by atoms with Gasteiger partial charge in [-0.05, 0) is 58.4 Å². The first kappa shape index (κ1) is 41.8. The van der Waals surface area contributed by atoms with Crippen LogP contribution in [0.3, 0.4) is 0 Å². The van der Waals surface area contributed by atoms with Crippen LogP contribution in [-0.4, -0.2) is 13.2 Å². The van der Waals surface area contributed by atoms with Gasteiger partial charge >= 0.3 is 0 Å². The maximum Gasteiger partial charge on any atom is 0.127 e. The van der Waals surface area contributed by atoms with E-state index in [9.17, 15) is 0 Å². The van der Waals surface area contributed by atoms with Crippen LogP contribution in [0, 0.1) is 0 Å². The predicted octanol–water partition coefficient (Wildman–Crippen LogP) is 15.8. The number of benzene rings is 5.